The van der Waals surface area contributed by atoms with E-state index >= 15 is 0 Å². The van der Waals surface area contributed by atoms with Crippen molar-refractivity contribution in [3.63, 3.8) is 0 Å². The Morgan fingerprint density at radius 1 is 1.28 bits per heavy atom. The molecule has 1 aromatic rings. The first-order chi connectivity index (χ1) is 8.74. The number of benzene rings is 1. The number of carbonyl (C=O) groups is 1. The second-order valence-electron chi connectivity index (χ2n) is 4.92. The summed E-state index contributed by atoms with van der Waals surface area (Å²) in [6.45, 7) is 3.13. The van der Waals surface area contributed by atoms with Crippen LogP contribution in [0.3, 0.4) is 0 Å². The first kappa shape index (κ1) is 13.1. The predicted molar refractivity (Wildman–Crippen MR) is 69.2 cm³/mol. The maximum absolute atomic E-state index is 11.4. The molecule has 1 fully saturated rings. The number of hydrogen-bond donors (Lipinski definition) is 0. The Morgan fingerprint density at radius 3 is 2.83 bits per heavy atom. The molecule has 1 aliphatic heterocycles. The molecule has 2 rings (SSSR count). The Morgan fingerprint density at radius 2 is 2.06 bits per heavy atom. The average Bonchev–Trinajstić information content (AvgIpc) is 2.41. The highest BCUT2D eigenvalue weighted by atomic mass is 16.5. The van der Waals surface area contributed by atoms with Gasteiger partial charge in [0.1, 0.15) is 0 Å². The maximum atomic E-state index is 11.4. The molecule has 3 nitrogen and oxygen atoms in total. The predicted octanol–water partition coefficient (Wildman–Crippen LogP) is 2.59. The number of esters is 1. The van der Waals surface area contributed by atoms with Crippen LogP contribution in [0.5, 0.6) is 0 Å². The van der Waals surface area contributed by atoms with Crippen LogP contribution in [-0.2, 0) is 20.7 Å². The van der Waals surface area contributed by atoms with E-state index in [-0.39, 0.29) is 12.1 Å². The van der Waals surface area contributed by atoms with Gasteiger partial charge >= 0.3 is 5.97 Å². The van der Waals surface area contributed by atoms with Crippen molar-refractivity contribution in [2.45, 2.75) is 32.3 Å². The van der Waals surface area contributed by atoms with Crippen LogP contribution in [0.1, 0.15) is 25.3 Å². The molecular formula is C15H20O3. The summed E-state index contributed by atoms with van der Waals surface area (Å²) in [7, 11) is 0. The molecule has 0 amide bonds. The molecule has 0 saturated carbocycles. The fourth-order valence-corrected chi connectivity index (χ4v) is 2.36. The van der Waals surface area contributed by atoms with Crippen LogP contribution >= 0.6 is 0 Å². The Bertz CT molecular complexity index is 375. The molecule has 3 heteroatoms. The third kappa shape index (κ3) is 4.15. The smallest absolute Gasteiger partial charge is 0.308 e. The Balaban J connectivity index is 1.95. The highest BCUT2D eigenvalue weighted by molar-refractivity contribution is 5.69. The average molecular weight is 248 g/mol. The molecule has 0 spiro atoms. The third-order valence-electron chi connectivity index (χ3n) is 3.17. The van der Waals surface area contributed by atoms with Gasteiger partial charge in [-0.2, -0.15) is 0 Å². The van der Waals surface area contributed by atoms with Crippen molar-refractivity contribution in [2.75, 3.05) is 13.2 Å². The van der Waals surface area contributed by atoms with E-state index in [0.29, 0.717) is 25.6 Å². The van der Waals surface area contributed by atoms with E-state index in [0.717, 1.165) is 12.8 Å². The van der Waals surface area contributed by atoms with Gasteiger partial charge in [-0.05, 0) is 31.2 Å². The second kappa shape index (κ2) is 6.55. The van der Waals surface area contributed by atoms with Crippen LogP contribution in [0.25, 0.3) is 0 Å². The molecule has 2 atom stereocenters. The number of rotatable bonds is 2. The summed E-state index contributed by atoms with van der Waals surface area (Å²) in [5.74, 6) is 0.260. The fraction of sp³-hybridized carbons (Fsp3) is 0.533. The quantitative estimate of drug-likeness (QED) is 0.755. The minimum atomic E-state index is -0.150. The first-order valence-corrected chi connectivity index (χ1v) is 6.55. The molecule has 98 valence electrons. The van der Waals surface area contributed by atoms with E-state index in [4.69, 9.17) is 9.47 Å². The lowest BCUT2D eigenvalue weighted by Crippen LogP contribution is -2.20. The van der Waals surface area contributed by atoms with Gasteiger partial charge < -0.3 is 9.47 Å². The van der Waals surface area contributed by atoms with Crippen LogP contribution in [0, 0.1) is 5.92 Å². The van der Waals surface area contributed by atoms with Crippen molar-refractivity contribution in [3.8, 4) is 0 Å². The van der Waals surface area contributed by atoms with Gasteiger partial charge in [0.25, 0.3) is 0 Å². The zero-order valence-electron chi connectivity index (χ0n) is 10.8. The molecular weight excluding hydrogens is 228 g/mol. The zero-order chi connectivity index (χ0) is 12.8. The number of hydrogen-bond acceptors (Lipinski definition) is 3. The monoisotopic (exact) mass is 248 g/mol. The maximum Gasteiger partial charge on any atom is 0.308 e. The number of ether oxygens (including phenoxy) is 2. The van der Waals surface area contributed by atoms with Crippen molar-refractivity contribution in [3.05, 3.63) is 35.9 Å². The van der Waals surface area contributed by atoms with Crippen LogP contribution in [0.2, 0.25) is 0 Å². The van der Waals surface area contributed by atoms with Gasteiger partial charge in [-0.1, -0.05) is 30.3 Å². The largest absolute Gasteiger partial charge is 0.463 e. The summed E-state index contributed by atoms with van der Waals surface area (Å²) in [4.78, 5) is 11.4. The van der Waals surface area contributed by atoms with Gasteiger partial charge in [-0.3, -0.25) is 4.79 Å². The van der Waals surface area contributed by atoms with Gasteiger partial charge in [0.2, 0.25) is 0 Å². The van der Waals surface area contributed by atoms with E-state index in [1.54, 1.807) is 0 Å². The summed E-state index contributed by atoms with van der Waals surface area (Å²) in [5, 5.41) is 0. The van der Waals surface area contributed by atoms with Gasteiger partial charge in [-0.15, -0.1) is 0 Å². The fourth-order valence-electron chi connectivity index (χ4n) is 2.36. The highest BCUT2D eigenvalue weighted by Gasteiger charge is 2.19. The summed E-state index contributed by atoms with van der Waals surface area (Å²) in [5.41, 5.74) is 1.31. The van der Waals surface area contributed by atoms with E-state index in [9.17, 15) is 4.79 Å². The molecule has 0 aliphatic carbocycles. The van der Waals surface area contributed by atoms with Crippen molar-refractivity contribution < 1.29 is 14.3 Å². The number of carbonyl (C=O) groups excluding carboxylic acids is 1. The summed E-state index contributed by atoms with van der Waals surface area (Å²) in [6, 6.07) is 10.4. The molecule has 18 heavy (non-hydrogen) atoms. The van der Waals surface area contributed by atoms with Gasteiger partial charge in [0, 0.05) is 6.61 Å². The van der Waals surface area contributed by atoms with E-state index < -0.39 is 0 Å². The van der Waals surface area contributed by atoms with Gasteiger partial charge in [0.15, 0.2) is 0 Å². The molecule has 0 aromatic heterocycles. The third-order valence-corrected chi connectivity index (χ3v) is 3.17. The molecule has 2 unspecified atom stereocenters. The van der Waals surface area contributed by atoms with Crippen LogP contribution in [-0.4, -0.2) is 25.3 Å². The molecule has 1 aromatic carbocycles. The van der Waals surface area contributed by atoms with E-state index in [1.807, 2.05) is 13.0 Å². The normalized spacial score (nSPS) is 25.7. The lowest BCUT2D eigenvalue weighted by Gasteiger charge is -2.19. The minimum Gasteiger partial charge on any atom is -0.463 e. The van der Waals surface area contributed by atoms with Crippen molar-refractivity contribution in [2.24, 2.45) is 5.92 Å². The zero-order valence-corrected chi connectivity index (χ0v) is 10.8. The van der Waals surface area contributed by atoms with E-state index in [2.05, 4.69) is 24.3 Å². The Labute approximate surface area is 108 Å². The number of cyclic esters (lactones) is 1. The van der Waals surface area contributed by atoms with Crippen LogP contribution in [0.15, 0.2) is 30.3 Å². The standard InChI is InChI=1S/C15H20O3/c1-12-9-14(10-13-5-3-2-4-6-13)11-17-8-7-15(16)18-12/h2-6,12,14H,7-11H2,1H3. The SMILES string of the molecule is CC1CC(Cc2ccccc2)COCCC(=O)O1. The highest BCUT2D eigenvalue weighted by Crippen LogP contribution is 2.18. The summed E-state index contributed by atoms with van der Waals surface area (Å²) >= 11 is 0. The lowest BCUT2D eigenvalue weighted by molar-refractivity contribution is -0.148. The van der Waals surface area contributed by atoms with E-state index in [1.165, 1.54) is 5.56 Å². The van der Waals surface area contributed by atoms with Crippen molar-refractivity contribution in [1.29, 1.82) is 0 Å². The Hall–Kier alpha value is -1.35. The first-order valence-electron chi connectivity index (χ1n) is 6.55. The topological polar surface area (TPSA) is 35.5 Å². The van der Waals surface area contributed by atoms with Gasteiger partial charge in [0.05, 0.1) is 19.1 Å². The van der Waals surface area contributed by atoms with Crippen LogP contribution < -0.4 is 0 Å². The minimum absolute atomic E-state index is 0.0205. The molecule has 1 heterocycles. The van der Waals surface area contributed by atoms with Gasteiger partial charge in [-0.25, -0.2) is 0 Å². The summed E-state index contributed by atoms with van der Waals surface area (Å²) < 4.78 is 10.9. The molecule has 0 radical (unpaired) electrons. The summed E-state index contributed by atoms with van der Waals surface area (Å²) in [6.07, 6.45) is 2.18. The van der Waals surface area contributed by atoms with Crippen LogP contribution in [0.4, 0.5) is 0 Å². The van der Waals surface area contributed by atoms with Crippen molar-refractivity contribution in [1.82, 2.24) is 0 Å². The molecule has 0 N–H and O–H groups in total. The molecule has 1 aliphatic rings. The Kier molecular flexibility index (Phi) is 4.76. The van der Waals surface area contributed by atoms with Crippen molar-refractivity contribution >= 4 is 5.97 Å². The lowest BCUT2D eigenvalue weighted by atomic mass is 9.95. The second-order valence-corrected chi connectivity index (χ2v) is 4.92. The molecule has 0 bridgehead atoms. The molecule has 1 saturated heterocycles.